The van der Waals surface area contributed by atoms with Crippen LogP contribution in [-0.4, -0.2) is 61.9 Å². The van der Waals surface area contributed by atoms with Crippen LogP contribution in [0.15, 0.2) is 35.7 Å². The van der Waals surface area contributed by atoms with E-state index in [0.717, 1.165) is 6.42 Å². The van der Waals surface area contributed by atoms with E-state index < -0.39 is 16.1 Å². The third kappa shape index (κ3) is 4.64. The van der Waals surface area contributed by atoms with Crippen molar-refractivity contribution in [1.29, 1.82) is 0 Å². The zero-order chi connectivity index (χ0) is 21.2. The molecule has 1 amide bonds. The minimum absolute atomic E-state index is 0.00489. The number of halogens is 2. The highest BCUT2D eigenvalue weighted by atomic mass is 35.5. The van der Waals surface area contributed by atoms with E-state index in [4.69, 9.17) is 27.9 Å². The molecule has 2 heterocycles. The molecule has 29 heavy (non-hydrogen) atoms. The van der Waals surface area contributed by atoms with Gasteiger partial charge >= 0.3 is 0 Å². The Labute approximate surface area is 182 Å². The molecule has 0 aromatic heterocycles. The maximum atomic E-state index is 13.6. The summed E-state index contributed by atoms with van der Waals surface area (Å²) in [7, 11) is -3.98. The standard InChI is InChI=1S/C20H26Cl2N2O4S/c1-3-14-13-23(8-9-28-4-2)20(25)19-7-5-6-18(14)24(19)29(26,27)17-11-15(21)10-16(22)12-17/h3,10-12,14,18-19H,1,4-9,13H2,2H3/t14-,18-,19+/m1/s1. The molecule has 0 radical (unpaired) electrons. The molecule has 0 unspecified atom stereocenters. The number of carbonyl (C=O) groups excluding carboxylic acids is 1. The Morgan fingerprint density at radius 2 is 1.93 bits per heavy atom. The van der Waals surface area contributed by atoms with E-state index in [1.807, 2.05) is 6.92 Å². The van der Waals surface area contributed by atoms with E-state index in [2.05, 4.69) is 6.58 Å². The maximum absolute atomic E-state index is 13.6. The molecule has 1 aromatic carbocycles. The normalized spacial score (nSPS) is 25.7. The summed E-state index contributed by atoms with van der Waals surface area (Å²) in [5.41, 5.74) is 0. The first-order chi connectivity index (χ1) is 13.8. The molecular formula is C20H26Cl2N2O4S. The Morgan fingerprint density at radius 3 is 2.55 bits per heavy atom. The molecule has 3 rings (SSSR count). The lowest BCUT2D eigenvalue weighted by atomic mass is 9.90. The summed E-state index contributed by atoms with van der Waals surface area (Å²) in [4.78, 5) is 15.0. The Morgan fingerprint density at radius 1 is 1.24 bits per heavy atom. The van der Waals surface area contributed by atoms with Gasteiger partial charge in [0, 0.05) is 41.7 Å². The SMILES string of the molecule is C=C[C@@H]1CN(CCOCC)C(=O)[C@@H]2CCC[C@H]1N2S(=O)(=O)c1cc(Cl)cc(Cl)c1. The predicted octanol–water partition coefficient (Wildman–Crippen LogP) is 3.59. The molecule has 2 aliphatic heterocycles. The van der Waals surface area contributed by atoms with Gasteiger partial charge in [0.1, 0.15) is 6.04 Å². The number of amides is 1. The number of carbonyl (C=O) groups is 1. The molecule has 3 atom stereocenters. The summed E-state index contributed by atoms with van der Waals surface area (Å²) in [6, 6.07) is 3.16. The Kier molecular flexibility index (Phi) is 7.27. The maximum Gasteiger partial charge on any atom is 0.244 e. The molecule has 0 spiro atoms. The third-order valence-corrected chi connectivity index (χ3v) is 7.91. The fourth-order valence-electron chi connectivity index (χ4n) is 4.22. The van der Waals surface area contributed by atoms with Crippen molar-refractivity contribution in [2.24, 2.45) is 5.92 Å². The molecular weight excluding hydrogens is 435 g/mol. The van der Waals surface area contributed by atoms with Crippen molar-refractivity contribution < 1.29 is 17.9 Å². The van der Waals surface area contributed by atoms with Gasteiger partial charge in [0.2, 0.25) is 15.9 Å². The molecule has 0 N–H and O–H groups in total. The first kappa shape index (κ1) is 22.6. The van der Waals surface area contributed by atoms with Crippen LogP contribution in [0.4, 0.5) is 0 Å². The van der Waals surface area contributed by atoms with Gasteiger partial charge in [-0.1, -0.05) is 29.3 Å². The van der Waals surface area contributed by atoms with Crippen LogP contribution < -0.4 is 0 Å². The van der Waals surface area contributed by atoms with Crippen LogP contribution in [0.5, 0.6) is 0 Å². The van der Waals surface area contributed by atoms with E-state index >= 15 is 0 Å². The molecule has 2 aliphatic rings. The van der Waals surface area contributed by atoms with Gasteiger partial charge in [0.25, 0.3) is 0 Å². The van der Waals surface area contributed by atoms with E-state index in [9.17, 15) is 13.2 Å². The van der Waals surface area contributed by atoms with Crippen LogP contribution in [0.2, 0.25) is 10.0 Å². The summed E-state index contributed by atoms with van der Waals surface area (Å²) in [5.74, 6) is -0.356. The van der Waals surface area contributed by atoms with Gasteiger partial charge < -0.3 is 9.64 Å². The van der Waals surface area contributed by atoms with E-state index in [-0.39, 0.29) is 32.8 Å². The van der Waals surface area contributed by atoms with Crippen molar-refractivity contribution in [2.45, 2.75) is 43.2 Å². The van der Waals surface area contributed by atoms with Crippen molar-refractivity contribution in [3.05, 3.63) is 40.9 Å². The van der Waals surface area contributed by atoms with Crippen LogP contribution in [0, 0.1) is 5.92 Å². The second-order valence-corrected chi connectivity index (χ2v) is 10.1. The predicted molar refractivity (Wildman–Crippen MR) is 114 cm³/mol. The minimum Gasteiger partial charge on any atom is -0.380 e. The Hall–Kier alpha value is -1.12. The van der Waals surface area contributed by atoms with Gasteiger partial charge in [0.15, 0.2) is 0 Å². The largest absolute Gasteiger partial charge is 0.380 e. The molecule has 1 aromatic rings. The average molecular weight is 461 g/mol. The first-order valence-corrected chi connectivity index (χ1v) is 12.0. The summed E-state index contributed by atoms with van der Waals surface area (Å²) in [5, 5.41) is 0.474. The lowest BCUT2D eigenvalue weighted by molar-refractivity contribution is -0.135. The number of piperidine rings is 1. The van der Waals surface area contributed by atoms with Gasteiger partial charge in [-0.2, -0.15) is 4.31 Å². The van der Waals surface area contributed by atoms with Crippen LogP contribution in [0.3, 0.4) is 0 Å². The Bertz CT molecular complexity index is 857. The van der Waals surface area contributed by atoms with Crippen LogP contribution in [0.1, 0.15) is 26.2 Å². The minimum atomic E-state index is -3.98. The number of fused-ring (bicyclic) bond motifs is 2. The van der Waals surface area contributed by atoms with Crippen LogP contribution in [0.25, 0.3) is 0 Å². The van der Waals surface area contributed by atoms with Crippen LogP contribution >= 0.6 is 23.2 Å². The number of rotatable bonds is 7. The van der Waals surface area contributed by atoms with Crippen LogP contribution in [-0.2, 0) is 19.6 Å². The molecule has 9 heteroatoms. The second kappa shape index (κ2) is 9.35. The molecule has 6 nitrogen and oxygen atoms in total. The fraction of sp³-hybridized carbons (Fsp3) is 0.550. The van der Waals surface area contributed by atoms with Gasteiger partial charge in [-0.3, -0.25) is 4.79 Å². The average Bonchev–Trinajstić information content (AvgIpc) is 2.74. The number of hydrogen-bond acceptors (Lipinski definition) is 4. The van der Waals surface area contributed by atoms with Gasteiger partial charge in [0.05, 0.1) is 11.5 Å². The number of ether oxygens (including phenoxy) is 1. The number of benzene rings is 1. The van der Waals surface area contributed by atoms with Gasteiger partial charge in [-0.05, 0) is 44.4 Å². The van der Waals surface area contributed by atoms with Crippen molar-refractivity contribution >= 4 is 39.1 Å². The highest BCUT2D eigenvalue weighted by Gasteiger charge is 2.49. The molecule has 2 saturated heterocycles. The fourth-order valence-corrected chi connectivity index (χ4v) is 6.81. The topological polar surface area (TPSA) is 66.9 Å². The number of sulfonamides is 1. The highest BCUT2D eigenvalue weighted by molar-refractivity contribution is 7.89. The molecule has 0 saturated carbocycles. The van der Waals surface area contributed by atoms with Gasteiger partial charge in [-0.15, -0.1) is 6.58 Å². The second-order valence-electron chi connectivity index (χ2n) is 7.33. The molecule has 0 aliphatic carbocycles. The Balaban J connectivity index is 2.03. The van der Waals surface area contributed by atoms with Crippen molar-refractivity contribution in [3.8, 4) is 0 Å². The number of nitrogens with zero attached hydrogens (tertiary/aromatic N) is 2. The lowest BCUT2D eigenvalue weighted by Crippen LogP contribution is -2.54. The number of hydrogen-bond donors (Lipinski definition) is 0. The quantitative estimate of drug-likeness (QED) is 0.460. The molecule has 2 fully saturated rings. The summed E-state index contributed by atoms with van der Waals surface area (Å²) in [6.45, 7) is 7.65. The lowest BCUT2D eigenvalue weighted by Gasteiger charge is -2.40. The van der Waals surface area contributed by atoms with Gasteiger partial charge in [-0.25, -0.2) is 8.42 Å². The van der Waals surface area contributed by atoms with E-state index in [1.165, 1.54) is 22.5 Å². The summed E-state index contributed by atoms with van der Waals surface area (Å²) < 4.78 is 34.0. The molecule has 2 bridgehead atoms. The smallest absolute Gasteiger partial charge is 0.244 e. The molecule has 160 valence electrons. The van der Waals surface area contributed by atoms with Crippen molar-refractivity contribution in [1.82, 2.24) is 9.21 Å². The summed E-state index contributed by atoms with van der Waals surface area (Å²) >= 11 is 12.1. The zero-order valence-corrected chi connectivity index (χ0v) is 18.7. The zero-order valence-electron chi connectivity index (χ0n) is 16.4. The van der Waals surface area contributed by atoms with E-state index in [1.54, 1.807) is 11.0 Å². The monoisotopic (exact) mass is 460 g/mol. The third-order valence-electron chi connectivity index (χ3n) is 5.56. The van der Waals surface area contributed by atoms with Crippen molar-refractivity contribution in [2.75, 3.05) is 26.3 Å². The highest BCUT2D eigenvalue weighted by Crippen LogP contribution is 2.38. The first-order valence-electron chi connectivity index (χ1n) is 9.78. The summed E-state index contributed by atoms with van der Waals surface area (Å²) in [6.07, 6.45) is 3.70. The van der Waals surface area contributed by atoms with E-state index in [0.29, 0.717) is 39.1 Å². The van der Waals surface area contributed by atoms with Crippen molar-refractivity contribution in [3.63, 3.8) is 0 Å².